The predicted octanol–water partition coefficient (Wildman–Crippen LogP) is 1.37. The first-order valence-corrected chi connectivity index (χ1v) is 10.1. The first kappa shape index (κ1) is 21.3. The molecule has 1 aromatic carbocycles. The first-order valence-electron chi connectivity index (χ1n) is 9.72. The summed E-state index contributed by atoms with van der Waals surface area (Å²) in [5.74, 6) is 1.43. The van der Waals surface area contributed by atoms with E-state index in [1.54, 1.807) is 30.9 Å². The van der Waals surface area contributed by atoms with Gasteiger partial charge in [0.1, 0.15) is 11.6 Å². The van der Waals surface area contributed by atoms with Crippen LogP contribution >= 0.6 is 11.6 Å². The average molecular weight is 422 g/mol. The lowest BCUT2D eigenvalue weighted by molar-refractivity contribution is 0.256. The number of hydrogen-bond acceptors (Lipinski definition) is 6. The van der Waals surface area contributed by atoms with Gasteiger partial charge in [-0.3, -0.25) is 18.8 Å². The third-order valence-electron chi connectivity index (χ3n) is 5.34. The van der Waals surface area contributed by atoms with Gasteiger partial charge >= 0.3 is 5.69 Å². The van der Waals surface area contributed by atoms with Gasteiger partial charge in [-0.05, 0) is 25.1 Å². The van der Waals surface area contributed by atoms with Gasteiger partial charge in [0, 0.05) is 59.0 Å². The molecule has 8 nitrogen and oxygen atoms in total. The molecule has 2 aromatic rings. The molecule has 1 saturated heterocycles. The number of nitrogens with zero attached hydrogens (tertiary/aromatic N) is 4. The van der Waals surface area contributed by atoms with Gasteiger partial charge in [0.2, 0.25) is 0 Å². The highest BCUT2D eigenvalue weighted by Gasteiger charge is 2.20. The van der Waals surface area contributed by atoms with Gasteiger partial charge in [0.15, 0.2) is 0 Å². The summed E-state index contributed by atoms with van der Waals surface area (Å²) in [5.41, 5.74) is 0.343. The summed E-state index contributed by atoms with van der Waals surface area (Å²) < 4.78 is 7.83. The summed E-state index contributed by atoms with van der Waals surface area (Å²) >= 11 is 6.25. The van der Waals surface area contributed by atoms with Crippen molar-refractivity contribution in [3.8, 4) is 5.75 Å². The second-order valence-corrected chi connectivity index (χ2v) is 7.60. The lowest BCUT2D eigenvalue weighted by atomic mass is 10.2. The Morgan fingerprint density at radius 1 is 1.07 bits per heavy atom. The van der Waals surface area contributed by atoms with Gasteiger partial charge < -0.3 is 15.0 Å². The van der Waals surface area contributed by atoms with Gasteiger partial charge in [0.05, 0.1) is 17.8 Å². The molecule has 158 valence electrons. The minimum Gasteiger partial charge on any atom is -0.497 e. The van der Waals surface area contributed by atoms with Crippen LogP contribution in [0.15, 0.2) is 33.9 Å². The third kappa shape index (κ3) is 4.94. The standard InChI is InChI=1S/C20H28ClN5O3/c1-23-18(14-19(27)24(2)20(23)28)26-11-9-25(10-12-26)8-4-7-22-17-6-5-15(29-3)13-16(17)21/h5-6,13-14,22H,4,7-12H2,1-3H3. The topological polar surface area (TPSA) is 71.7 Å². The van der Waals surface area contributed by atoms with E-state index in [4.69, 9.17) is 16.3 Å². The van der Waals surface area contributed by atoms with E-state index in [9.17, 15) is 9.59 Å². The molecule has 1 aromatic heterocycles. The molecule has 0 spiro atoms. The van der Waals surface area contributed by atoms with Gasteiger partial charge in [0.25, 0.3) is 5.56 Å². The monoisotopic (exact) mass is 421 g/mol. The number of hydrogen-bond donors (Lipinski definition) is 1. The van der Waals surface area contributed by atoms with Crippen LogP contribution in [0.1, 0.15) is 6.42 Å². The van der Waals surface area contributed by atoms with Crippen molar-refractivity contribution in [1.29, 1.82) is 0 Å². The van der Waals surface area contributed by atoms with E-state index < -0.39 is 0 Å². The Bertz CT molecular complexity index is 964. The molecular weight excluding hydrogens is 394 g/mol. The van der Waals surface area contributed by atoms with Crippen LogP contribution in [-0.4, -0.2) is 60.4 Å². The van der Waals surface area contributed by atoms with Gasteiger partial charge in [-0.1, -0.05) is 11.6 Å². The molecule has 0 saturated carbocycles. The van der Waals surface area contributed by atoms with E-state index in [1.165, 1.54) is 7.05 Å². The minimum atomic E-state index is -0.293. The zero-order valence-corrected chi connectivity index (χ0v) is 17.9. The molecule has 1 N–H and O–H groups in total. The van der Waals surface area contributed by atoms with Crippen molar-refractivity contribution in [2.75, 3.05) is 56.6 Å². The Hall–Kier alpha value is -2.45. The zero-order chi connectivity index (χ0) is 21.0. The number of piperazine rings is 1. The summed E-state index contributed by atoms with van der Waals surface area (Å²) in [5, 5.41) is 4.01. The van der Waals surface area contributed by atoms with Crippen LogP contribution in [0.2, 0.25) is 5.02 Å². The highest BCUT2D eigenvalue weighted by Crippen LogP contribution is 2.26. The number of ether oxygens (including phenoxy) is 1. The number of rotatable bonds is 7. The lowest BCUT2D eigenvalue weighted by Gasteiger charge is -2.36. The summed E-state index contributed by atoms with van der Waals surface area (Å²) in [6.45, 7) is 5.18. The lowest BCUT2D eigenvalue weighted by Crippen LogP contribution is -2.49. The Morgan fingerprint density at radius 2 is 1.79 bits per heavy atom. The van der Waals surface area contributed by atoms with Crippen molar-refractivity contribution >= 4 is 23.1 Å². The number of benzene rings is 1. The fourth-order valence-electron chi connectivity index (χ4n) is 3.52. The zero-order valence-electron chi connectivity index (χ0n) is 17.2. The Balaban J connectivity index is 1.46. The van der Waals surface area contributed by atoms with Crippen LogP contribution in [0.5, 0.6) is 5.75 Å². The maximum atomic E-state index is 12.1. The fraction of sp³-hybridized carbons (Fsp3) is 0.500. The summed E-state index contributed by atoms with van der Waals surface area (Å²) in [6, 6.07) is 7.15. The second-order valence-electron chi connectivity index (χ2n) is 7.20. The molecule has 1 aliphatic heterocycles. The number of aromatic nitrogens is 2. The van der Waals surface area contributed by atoms with Crippen molar-refractivity contribution in [3.05, 3.63) is 50.1 Å². The third-order valence-corrected chi connectivity index (χ3v) is 5.65. The molecule has 0 bridgehead atoms. The van der Waals surface area contributed by atoms with Crippen LogP contribution in [0.3, 0.4) is 0 Å². The van der Waals surface area contributed by atoms with Crippen molar-refractivity contribution in [1.82, 2.24) is 14.0 Å². The van der Waals surface area contributed by atoms with Crippen LogP contribution < -0.4 is 26.2 Å². The van der Waals surface area contributed by atoms with Crippen molar-refractivity contribution in [3.63, 3.8) is 0 Å². The van der Waals surface area contributed by atoms with Gasteiger partial charge in [-0.25, -0.2) is 4.79 Å². The SMILES string of the molecule is COc1ccc(NCCCN2CCN(c3cc(=O)n(C)c(=O)n3C)CC2)c(Cl)c1. The van der Waals surface area contributed by atoms with Crippen LogP contribution in [0, 0.1) is 0 Å². The predicted molar refractivity (Wildman–Crippen MR) is 117 cm³/mol. The van der Waals surface area contributed by atoms with Crippen LogP contribution in [-0.2, 0) is 14.1 Å². The van der Waals surface area contributed by atoms with E-state index in [0.717, 1.165) is 61.7 Å². The number of methoxy groups -OCH3 is 1. The van der Waals surface area contributed by atoms with Crippen molar-refractivity contribution < 1.29 is 4.74 Å². The maximum absolute atomic E-state index is 12.1. The van der Waals surface area contributed by atoms with Gasteiger partial charge in [-0.15, -0.1) is 0 Å². The molecule has 1 aliphatic rings. The van der Waals surface area contributed by atoms with Crippen LogP contribution in [0.25, 0.3) is 0 Å². The largest absolute Gasteiger partial charge is 0.497 e. The number of halogens is 1. The quantitative estimate of drug-likeness (QED) is 0.681. The van der Waals surface area contributed by atoms with E-state index in [2.05, 4.69) is 15.1 Å². The first-order chi connectivity index (χ1) is 13.9. The van der Waals surface area contributed by atoms with E-state index in [1.807, 2.05) is 12.1 Å². The molecule has 2 heterocycles. The minimum absolute atomic E-state index is 0.270. The number of nitrogens with one attached hydrogen (secondary N) is 1. The molecule has 0 atom stereocenters. The Morgan fingerprint density at radius 3 is 2.45 bits per heavy atom. The smallest absolute Gasteiger partial charge is 0.332 e. The molecule has 0 unspecified atom stereocenters. The summed E-state index contributed by atoms with van der Waals surface area (Å²) in [4.78, 5) is 28.6. The van der Waals surface area contributed by atoms with E-state index in [-0.39, 0.29) is 11.2 Å². The van der Waals surface area contributed by atoms with E-state index in [0.29, 0.717) is 10.8 Å². The molecule has 0 amide bonds. The highest BCUT2D eigenvalue weighted by molar-refractivity contribution is 6.33. The molecule has 9 heteroatoms. The molecule has 0 aliphatic carbocycles. The Labute approximate surface area is 175 Å². The van der Waals surface area contributed by atoms with Crippen molar-refractivity contribution in [2.45, 2.75) is 6.42 Å². The molecule has 0 radical (unpaired) electrons. The molecule has 1 fully saturated rings. The van der Waals surface area contributed by atoms with E-state index >= 15 is 0 Å². The summed E-state index contributed by atoms with van der Waals surface area (Å²) in [7, 11) is 4.83. The second kappa shape index (κ2) is 9.37. The average Bonchev–Trinajstić information content (AvgIpc) is 2.73. The Kier molecular flexibility index (Phi) is 6.87. The maximum Gasteiger partial charge on any atom is 0.332 e. The number of anilines is 2. The molecule has 29 heavy (non-hydrogen) atoms. The summed E-state index contributed by atoms with van der Waals surface area (Å²) in [6.07, 6.45) is 0.993. The van der Waals surface area contributed by atoms with Crippen molar-refractivity contribution in [2.24, 2.45) is 14.1 Å². The fourth-order valence-corrected chi connectivity index (χ4v) is 3.75. The molecule has 3 rings (SSSR count). The highest BCUT2D eigenvalue weighted by atomic mass is 35.5. The van der Waals surface area contributed by atoms with Gasteiger partial charge in [-0.2, -0.15) is 0 Å². The normalized spacial score (nSPS) is 14.8. The van der Waals surface area contributed by atoms with Crippen LogP contribution in [0.4, 0.5) is 11.5 Å². The molecular formula is C20H28ClN5O3.